The van der Waals surface area contributed by atoms with Gasteiger partial charge in [-0.2, -0.15) is 11.8 Å². The smallest absolute Gasteiger partial charge is 0.305 e. The third-order valence-electron chi connectivity index (χ3n) is 4.77. The normalized spacial score (nSPS) is 23.2. The van der Waals surface area contributed by atoms with Crippen molar-refractivity contribution in [3.8, 4) is 5.75 Å². The summed E-state index contributed by atoms with van der Waals surface area (Å²) in [5.41, 5.74) is 0.659. The van der Waals surface area contributed by atoms with E-state index in [0.29, 0.717) is 30.3 Å². The highest BCUT2D eigenvalue weighted by atomic mass is 32.2. The molecule has 0 aliphatic carbocycles. The lowest BCUT2D eigenvalue weighted by atomic mass is 10.0. The molecule has 0 bridgehead atoms. The molecule has 2 aliphatic heterocycles. The number of para-hydroxylation sites is 2. The van der Waals surface area contributed by atoms with E-state index in [-0.39, 0.29) is 30.7 Å². The van der Waals surface area contributed by atoms with Crippen molar-refractivity contribution in [2.75, 3.05) is 36.6 Å². The van der Waals surface area contributed by atoms with Crippen LogP contribution in [0.25, 0.3) is 0 Å². The number of benzene rings is 1. The van der Waals surface area contributed by atoms with Gasteiger partial charge < -0.3 is 19.6 Å². The average Bonchev–Trinajstić information content (AvgIpc) is 3.02. The molecule has 0 radical (unpaired) electrons. The highest BCUT2D eigenvalue weighted by Gasteiger charge is 2.40. The summed E-state index contributed by atoms with van der Waals surface area (Å²) in [5, 5.41) is 9.10. The van der Waals surface area contributed by atoms with Crippen molar-refractivity contribution in [3.05, 3.63) is 24.3 Å². The quantitative estimate of drug-likeness (QED) is 0.835. The summed E-state index contributed by atoms with van der Waals surface area (Å²) in [6.45, 7) is 0.822. The van der Waals surface area contributed by atoms with Crippen LogP contribution < -0.4 is 9.64 Å². The zero-order valence-corrected chi connectivity index (χ0v) is 15.4. The summed E-state index contributed by atoms with van der Waals surface area (Å²) < 4.78 is 5.32. The zero-order valence-electron chi connectivity index (χ0n) is 14.6. The third-order valence-corrected chi connectivity index (χ3v) is 5.86. The maximum Gasteiger partial charge on any atom is 0.305 e. The molecule has 0 saturated carbocycles. The SMILES string of the molecule is COc1ccccc1N1CC(C(=O)N2CCSCC2CC(=O)O)CC1=O. The minimum absolute atomic E-state index is 0.0599. The van der Waals surface area contributed by atoms with E-state index >= 15 is 0 Å². The third kappa shape index (κ3) is 3.80. The van der Waals surface area contributed by atoms with Gasteiger partial charge in [0.1, 0.15) is 5.75 Å². The highest BCUT2D eigenvalue weighted by Crippen LogP contribution is 2.34. The number of carbonyl (C=O) groups excluding carboxylic acids is 2. The second-order valence-corrected chi connectivity index (χ2v) is 7.59. The predicted molar refractivity (Wildman–Crippen MR) is 98.5 cm³/mol. The molecule has 0 aromatic heterocycles. The van der Waals surface area contributed by atoms with Crippen molar-refractivity contribution in [1.29, 1.82) is 0 Å². The summed E-state index contributed by atoms with van der Waals surface area (Å²) in [5.74, 6) is 0.400. The van der Waals surface area contributed by atoms with Gasteiger partial charge in [0, 0.05) is 31.0 Å². The monoisotopic (exact) mass is 378 g/mol. The van der Waals surface area contributed by atoms with Crippen LogP contribution in [-0.2, 0) is 14.4 Å². The van der Waals surface area contributed by atoms with Crippen molar-refractivity contribution in [2.45, 2.75) is 18.9 Å². The lowest BCUT2D eigenvalue weighted by Crippen LogP contribution is -2.49. The fourth-order valence-electron chi connectivity index (χ4n) is 3.51. The van der Waals surface area contributed by atoms with Gasteiger partial charge in [-0.25, -0.2) is 0 Å². The lowest BCUT2D eigenvalue weighted by Gasteiger charge is -2.36. The van der Waals surface area contributed by atoms with E-state index < -0.39 is 11.9 Å². The van der Waals surface area contributed by atoms with Gasteiger partial charge in [-0.1, -0.05) is 12.1 Å². The number of thioether (sulfide) groups is 1. The molecule has 2 unspecified atom stereocenters. The maximum atomic E-state index is 13.0. The van der Waals surface area contributed by atoms with Crippen molar-refractivity contribution < 1.29 is 24.2 Å². The largest absolute Gasteiger partial charge is 0.495 e. The Bertz CT molecular complexity index is 711. The topological polar surface area (TPSA) is 87.2 Å². The number of nitrogens with zero attached hydrogens (tertiary/aromatic N) is 2. The summed E-state index contributed by atoms with van der Waals surface area (Å²) in [7, 11) is 1.55. The van der Waals surface area contributed by atoms with E-state index in [9.17, 15) is 14.4 Å². The van der Waals surface area contributed by atoms with E-state index in [2.05, 4.69) is 0 Å². The molecule has 2 fully saturated rings. The predicted octanol–water partition coefficient (Wildman–Crippen LogP) is 1.47. The Morgan fingerprint density at radius 2 is 2.12 bits per heavy atom. The average molecular weight is 378 g/mol. The van der Waals surface area contributed by atoms with E-state index in [0.717, 1.165) is 5.75 Å². The minimum atomic E-state index is -0.909. The molecular formula is C18H22N2O5S. The van der Waals surface area contributed by atoms with Crippen LogP contribution in [0.1, 0.15) is 12.8 Å². The van der Waals surface area contributed by atoms with Crippen LogP contribution in [0.15, 0.2) is 24.3 Å². The van der Waals surface area contributed by atoms with Crippen molar-refractivity contribution in [3.63, 3.8) is 0 Å². The molecule has 0 spiro atoms. The van der Waals surface area contributed by atoms with Gasteiger partial charge in [0.25, 0.3) is 0 Å². The standard InChI is InChI=1S/C18H22N2O5S/c1-25-15-5-3-2-4-14(15)20-10-12(8-16(20)21)18(24)19-6-7-26-11-13(19)9-17(22)23/h2-5,12-13H,6-11H2,1H3,(H,22,23). The van der Waals surface area contributed by atoms with Gasteiger partial charge in [0.2, 0.25) is 11.8 Å². The zero-order chi connectivity index (χ0) is 18.7. The lowest BCUT2D eigenvalue weighted by molar-refractivity contribution is -0.142. The summed E-state index contributed by atoms with van der Waals surface area (Å²) >= 11 is 1.66. The van der Waals surface area contributed by atoms with Gasteiger partial charge in [-0.05, 0) is 12.1 Å². The first-order chi connectivity index (χ1) is 12.5. The number of rotatable bonds is 5. The van der Waals surface area contributed by atoms with Gasteiger partial charge >= 0.3 is 5.97 Å². The molecule has 140 valence electrons. The molecule has 3 rings (SSSR count). The second kappa shape index (κ2) is 7.99. The van der Waals surface area contributed by atoms with E-state index in [1.54, 1.807) is 40.8 Å². The molecule has 2 heterocycles. The first-order valence-corrected chi connectivity index (χ1v) is 9.70. The van der Waals surface area contributed by atoms with Crippen LogP contribution in [0.4, 0.5) is 5.69 Å². The number of hydrogen-bond donors (Lipinski definition) is 1. The molecule has 2 aliphatic rings. The van der Waals surface area contributed by atoms with Crippen LogP contribution in [0.3, 0.4) is 0 Å². The second-order valence-electron chi connectivity index (χ2n) is 6.44. The number of carboxylic acids is 1. The molecule has 7 nitrogen and oxygen atoms in total. The van der Waals surface area contributed by atoms with Crippen LogP contribution in [0.2, 0.25) is 0 Å². The Kier molecular flexibility index (Phi) is 5.70. The minimum Gasteiger partial charge on any atom is -0.495 e. The molecule has 1 aromatic carbocycles. The molecule has 26 heavy (non-hydrogen) atoms. The van der Waals surface area contributed by atoms with Crippen LogP contribution in [0, 0.1) is 5.92 Å². The number of aliphatic carboxylic acids is 1. The van der Waals surface area contributed by atoms with Gasteiger partial charge in [-0.15, -0.1) is 0 Å². The number of hydrogen-bond acceptors (Lipinski definition) is 5. The first-order valence-electron chi connectivity index (χ1n) is 8.54. The van der Waals surface area contributed by atoms with Crippen molar-refractivity contribution in [2.24, 2.45) is 5.92 Å². The Labute approximate surface area is 156 Å². The summed E-state index contributed by atoms with van der Waals surface area (Å²) in [4.78, 5) is 39.8. The van der Waals surface area contributed by atoms with Crippen LogP contribution in [0.5, 0.6) is 5.75 Å². The maximum absolute atomic E-state index is 13.0. The number of carboxylic acid groups (broad SMARTS) is 1. The summed E-state index contributed by atoms with van der Waals surface area (Å²) in [6, 6.07) is 6.92. The van der Waals surface area contributed by atoms with Gasteiger partial charge in [-0.3, -0.25) is 14.4 Å². The Morgan fingerprint density at radius 1 is 1.35 bits per heavy atom. The number of ether oxygens (including phenoxy) is 1. The van der Waals surface area contributed by atoms with Crippen LogP contribution >= 0.6 is 11.8 Å². The highest BCUT2D eigenvalue weighted by molar-refractivity contribution is 7.99. The number of carbonyl (C=O) groups is 3. The molecule has 1 N–H and O–H groups in total. The molecule has 2 saturated heterocycles. The fourth-order valence-corrected chi connectivity index (χ4v) is 4.57. The fraction of sp³-hybridized carbons (Fsp3) is 0.500. The van der Waals surface area contributed by atoms with E-state index in [1.807, 2.05) is 12.1 Å². The molecule has 2 amide bonds. The van der Waals surface area contributed by atoms with E-state index in [4.69, 9.17) is 9.84 Å². The molecular weight excluding hydrogens is 356 g/mol. The molecule has 2 atom stereocenters. The summed E-state index contributed by atoms with van der Waals surface area (Å²) in [6.07, 6.45) is 0.0793. The number of methoxy groups -OCH3 is 1. The van der Waals surface area contributed by atoms with E-state index in [1.165, 1.54) is 0 Å². The molecule has 1 aromatic rings. The molecule has 8 heteroatoms. The van der Waals surface area contributed by atoms with Gasteiger partial charge in [0.05, 0.1) is 31.2 Å². The Hall–Kier alpha value is -2.22. The number of anilines is 1. The number of amides is 2. The van der Waals surface area contributed by atoms with Gasteiger partial charge in [0.15, 0.2) is 0 Å². The van der Waals surface area contributed by atoms with Crippen molar-refractivity contribution >= 4 is 35.2 Å². The first kappa shape index (κ1) is 18.6. The van der Waals surface area contributed by atoms with Crippen LogP contribution in [-0.4, -0.2) is 65.5 Å². The van der Waals surface area contributed by atoms with Crippen molar-refractivity contribution in [1.82, 2.24) is 4.90 Å². The Morgan fingerprint density at radius 3 is 2.85 bits per heavy atom. The Balaban J connectivity index is 1.75.